The van der Waals surface area contributed by atoms with E-state index in [2.05, 4.69) is 59.2 Å². The molecule has 0 aliphatic carbocycles. The maximum atomic E-state index is 13.1. The molecule has 0 bridgehead atoms. The van der Waals surface area contributed by atoms with E-state index >= 15 is 0 Å². The lowest BCUT2D eigenvalue weighted by Gasteiger charge is -2.31. The average molecular weight is 544 g/mol. The molecule has 0 amide bonds. The van der Waals surface area contributed by atoms with Crippen LogP contribution in [0.4, 0.5) is 17.3 Å². The Hall–Kier alpha value is -1.77. The molecule has 1 aliphatic heterocycles. The van der Waals surface area contributed by atoms with Crippen molar-refractivity contribution in [2.75, 3.05) is 23.8 Å². The van der Waals surface area contributed by atoms with E-state index in [9.17, 15) is 18.6 Å². The second-order valence-electron chi connectivity index (χ2n) is 9.36. The van der Waals surface area contributed by atoms with E-state index in [1.165, 1.54) is 14.1 Å². The highest BCUT2D eigenvalue weighted by Crippen LogP contribution is 2.44. The van der Waals surface area contributed by atoms with Crippen LogP contribution in [0.15, 0.2) is 21.7 Å². The van der Waals surface area contributed by atoms with Crippen molar-refractivity contribution in [3.63, 3.8) is 0 Å². The molecule has 4 heterocycles. The van der Waals surface area contributed by atoms with Crippen molar-refractivity contribution in [1.82, 2.24) is 13.1 Å². The number of thiophene rings is 2. The van der Waals surface area contributed by atoms with Crippen molar-refractivity contribution in [3.05, 3.63) is 27.3 Å². The van der Waals surface area contributed by atoms with Crippen molar-refractivity contribution in [2.45, 2.75) is 56.8 Å². The van der Waals surface area contributed by atoms with Crippen LogP contribution in [0.2, 0.25) is 0 Å². The van der Waals surface area contributed by atoms with Crippen LogP contribution in [0.25, 0.3) is 0 Å². The van der Waals surface area contributed by atoms with Gasteiger partial charge >= 0.3 is 0 Å². The van der Waals surface area contributed by atoms with Gasteiger partial charge in [0.05, 0.1) is 30.1 Å². The van der Waals surface area contributed by atoms with E-state index in [-0.39, 0.29) is 33.7 Å². The Morgan fingerprint density at radius 2 is 2.00 bits per heavy atom. The van der Waals surface area contributed by atoms with E-state index in [1.807, 2.05) is 0 Å². The largest absolute Gasteiger partial charge is 0.504 e. The van der Waals surface area contributed by atoms with E-state index in [4.69, 9.17) is 0 Å². The normalized spacial score (nSPS) is 18.3. The number of hydrogen-bond donors (Lipinski definition) is 4. The minimum absolute atomic E-state index is 0.0201. The molecule has 0 spiro atoms. The van der Waals surface area contributed by atoms with E-state index in [1.54, 1.807) is 16.7 Å². The lowest BCUT2D eigenvalue weighted by Crippen LogP contribution is -2.37. The number of anilines is 3. The molecule has 0 aromatic carbocycles. The summed E-state index contributed by atoms with van der Waals surface area (Å²) in [6, 6.07) is 3.71. The standard InChI is InChI=1S/C21H29N5O4S4/c1-12-7-8-15(32-12)17(21(2,3)4)23-19-18(24-33-25-19)22-14-11-31-20(16(14)28)34(29,30)26-9-5-6-13(26)10-27/h7-8,11,13,17,27-28H,5-6,9-10H2,1-4H3,(H,22,24)(H,23,25)/t13?,17-/m0/s1. The average Bonchev–Trinajstić information content (AvgIpc) is 3.54. The van der Waals surface area contributed by atoms with Crippen molar-refractivity contribution in [1.29, 1.82) is 0 Å². The van der Waals surface area contributed by atoms with Crippen LogP contribution in [0.5, 0.6) is 5.75 Å². The highest BCUT2D eigenvalue weighted by Gasteiger charge is 2.38. The molecule has 186 valence electrons. The maximum Gasteiger partial charge on any atom is 0.256 e. The molecule has 34 heavy (non-hydrogen) atoms. The minimum atomic E-state index is -3.92. The molecule has 1 fully saturated rings. The van der Waals surface area contributed by atoms with E-state index in [0.717, 1.165) is 23.1 Å². The van der Waals surface area contributed by atoms with Gasteiger partial charge in [-0.1, -0.05) is 20.8 Å². The van der Waals surface area contributed by atoms with Gasteiger partial charge in [-0.15, -0.1) is 22.7 Å². The molecule has 1 aliphatic rings. The van der Waals surface area contributed by atoms with Gasteiger partial charge in [-0.05, 0) is 37.3 Å². The van der Waals surface area contributed by atoms with E-state index < -0.39 is 16.1 Å². The molecule has 4 rings (SSSR count). The van der Waals surface area contributed by atoms with Gasteiger partial charge in [-0.2, -0.15) is 13.1 Å². The third-order valence-corrected chi connectivity index (χ3v) is 10.8. The summed E-state index contributed by atoms with van der Waals surface area (Å²) < 4.78 is 36.1. The first kappa shape index (κ1) is 25.3. The third-order valence-electron chi connectivity index (χ3n) is 5.74. The Balaban J connectivity index is 1.58. The van der Waals surface area contributed by atoms with Gasteiger partial charge in [0.25, 0.3) is 10.0 Å². The fourth-order valence-electron chi connectivity index (χ4n) is 3.97. The van der Waals surface area contributed by atoms with Gasteiger partial charge in [0.1, 0.15) is 0 Å². The highest BCUT2D eigenvalue weighted by molar-refractivity contribution is 7.91. The Bertz CT molecular complexity index is 1240. The van der Waals surface area contributed by atoms with E-state index in [0.29, 0.717) is 31.0 Å². The summed E-state index contributed by atoms with van der Waals surface area (Å²) >= 11 is 3.69. The van der Waals surface area contributed by atoms with Gasteiger partial charge in [-0.3, -0.25) is 0 Å². The predicted molar refractivity (Wildman–Crippen MR) is 138 cm³/mol. The molecule has 2 atom stereocenters. The van der Waals surface area contributed by atoms with Crippen LogP contribution in [-0.2, 0) is 10.0 Å². The van der Waals surface area contributed by atoms with Gasteiger partial charge in [-0.25, -0.2) is 8.42 Å². The fraction of sp³-hybridized carbons (Fsp3) is 0.524. The molecular weight excluding hydrogens is 515 g/mol. The first-order valence-corrected chi connectivity index (χ1v) is 14.7. The van der Waals surface area contributed by atoms with Crippen molar-refractivity contribution >= 4 is 61.7 Å². The number of nitrogens with zero attached hydrogens (tertiary/aromatic N) is 3. The second kappa shape index (κ2) is 9.70. The van der Waals surface area contributed by atoms with Crippen molar-refractivity contribution < 1.29 is 18.6 Å². The number of aromatic hydroxyl groups is 1. The third kappa shape index (κ3) is 4.95. The van der Waals surface area contributed by atoms with Crippen LogP contribution in [-0.4, -0.2) is 50.9 Å². The van der Waals surface area contributed by atoms with Crippen molar-refractivity contribution in [2.24, 2.45) is 5.41 Å². The van der Waals surface area contributed by atoms with Gasteiger partial charge in [0, 0.05) is 27.7 Å². The number of rotatable bonds is 8. The molecule has 4 N–H and O–H groups in total. The number of aromatic nitrogens is 2. The monoisotopic (exact) mass is 543 g/mol. The molecule has 3 aromatic heterocycles. The van der Waals surface area contributed by atoms with Crippen LogP contribution >= 0.6 is 34.4 Å². The molecule has 0 saturated carbocycles. The fourth-order valence-corrected chi connectivity index (χ4v) is 8.66. The van der Waals surface area contributed by atoms with Crippen LogP contribution < -0.4 is 10.6 Å². The molecule has 9 nitrogen and oxygen atoms in total. The lowest BCUT2D eigenvalue weighted by atomic mass is 9.86. The molecule has 13 heteroatoms. The van der Waals surface area contributed by atoms with Gasteiger partial charge in [0.15, 0.2) is 21.6 Å². The molecule has 1 saturated heterocycles. The summed E-state index contributed by atoms with van der Waals surface area (Å²) in [7, 11) is -3.92. The number of aliphatic hydroxyl groups is 1. The zero-order chi connectivity index (χ0) is 24.7. The highest BCUT2D eigenvalue weighted by atomic mass is 32.2. The number of sulfonamides is 1. The molecule has 3 aromatic rings. The summed E-state index contributed by atoms with van der Waals surface area (Å²) in [6.07, 6.45) is 1.28. The first-order valence-electron chi connectivity index (χ1n) is 10.9. The molecule has 1 unspecified atom stereocenters. The second-order valence-corrected chi connectivity index (χ2v) is 14.2. The Morgan fingerprint density at radius 3 is 2.65 bits per heavy atom. The number of hydrogen-bond acceptors (Lipinski definition) is 11. The number of aryl methyl sites for hydroxylation is 1. The van der Waals surface area contributed by atoms with Gasteiger partial charge in [0.2, 0.25) is 0 Å². The number of nitrogens with one attached hydrogen (secondary N) is 2. The Kier molecular flexibility index (Phi) is 7.23. The van der Waals surface area contributed by atoms with Crippen molar-refractivity contribution in [3.8, 4) is 5.75 Å². The maximum absolute atomic E-state index is 13.1. The summed E-state index contributed by atoms with van der Waals surface area (Å²) in [5, 5.41) is 28.4. The Labute approximate surface area is 211 Å². The summed E-state index contributed by atoms with van der Waals surface area (Å²) in [5.41, 5.74) is 0.140. The summed E-state index contributed by atoms with van der Waals surface area (Å²) in [5.74, 6) is 0.596. The lowest BCUT2D eigenvalue weighted by molar-refractivity contribution is 0.213. The topological polar surface area (TPSA) is 128 Å². The first-order chi connectivity index (χ1) is 16.0. The predicted octanol–water partition coefficient (Wildman–Crippen LogP) is 4.76. The molecular formula is C21H29N5O4S4. The summed E-state index contributed by atoms with van der Waals surface area (Å²) in [6.45, 7) is 8.59. The quantitative estimate of drug-likeness (QED) is 0.320. The smallest absolute Gasteiger partial charge is 0.256 e. The zero-order valence-electron chi connectivity index (χ0n) is 19.4. The van der Waals surface area contributed by atoms with Crippen LogP contribution in [0.1, 0.15) is 49.4 Å². The molecule has 0 radical (unpaired) electrons. The van der Waals surface area contributed by atoms with Gasteiger partial charge < -0.3 is 20.8 Å². The number of aliphatic hydroxyl groups excluding tert-OH is 1. The summed E-state index contributed by atoms with van der Waals surface area (Å²) in [4.78, 5) is 2.40. The van der Waals surface area contributed by atoms with Crippen LogP contribution in [0.3, 0.4) is 0 Å². The van der Waals surface area contributed by atoms with Crippen LogP contribution in [0, 0.1) is 12.3 Å². The SMILES string of the molecule is Cc1ccc([C@H](Nc2nsnc2Nc2csc(S(=O)(=O)N3CCCC3CO)c2O)C(C)(C)C)s1. The zero-order valence-corrected chi connectivity index (χ0v) is 22.7. The minimum Gasteiger partial charge on any atom is -0.504 e. The Morgan fingerprint density at radius 1 is 1.26 bits per heavy atom.